The summed E-state index contributed by atoms with van der Waals surface area (Å²) in [6, 6.07) is 2.70. The first-order valence-electron chi connectivity index (χ1n) is 10.4. The molecular weight excluding hydrogens is 415 g/mol. The number of fused-ring (bicyclic) bond motifs is 2. The number of rotatable bonds is 4. The molecule has 2 aliphatic rings. The van der Waals surface area contributed by atoms with E-state index in [1.165, 1.54) is 38.5 Å². The van der Waals surface area contributed by atoms with Gasteiger partial charge in [-0.15, -0.1) is 0 Å². The van der Waals surface area contributed by atoms with Crippen LogP contribution in [-0.2, 0) is 21.7 Å². The van der Waals surface area contributed by atoms with Crippen LogP contribution in [-0.4, -0.2) is 0 Å². The van der Waals surface area contributed by atoms with E-state index in [0.717, 1.165) is 0 Å². The molecule has 2 aliphatic carbocycles. The van der Waals surface area contributed by atoms with Gasteiger partial charge in [0, 0.05) is 3.57 Å². The molecule has 0 aliphatic heterocycles. The largest absolute Gasteiger partial charge is 0.0645 e. The molecule has 0 heterocycles. The van der Waals surface area contributed by atoms with E-state index in [4.69, 9.17) is 0 Å². The normalized spacial score (nSPS) is 24.2. The van der Waals surface area contributed by atoms with Crippen LogP contribution in [0.1, 0.15) is 116 Å². The second kappa shape index (κ2) is 5.97. The minimum Gasteiger partial charge on any atom is -0.0645 e. The van der Waals surface area contributed by atoms with Gasteiger partial charge in [-0.25, -0.2) is 0 Å². The topological polar surface area (TPSA) is 0 Å². The van der Waals surface area contributed by atoms with E-state index in [1.54, 1.807) is 25.8 Å². The fraction of sp³-hybridized carbons (Fsp3) is 0.750. The molecule has 0 N–H and O–H groups in total. The van der Waals surface area contributed by atoms with E-state index in [0.29, 0.717) is 21.7 Å². The van der Waals surface area contributed by atoms with Crippen LogP contribution in [0.5, 0.6) is 0 Å². The van der Waals surface area contributed by atoms with Gasteiger partial charge in [0.1, 0.15) is 0 Å². The zero-order chi connectivity index (χ0) is 18.8. The van der Waals surface area contributed by atoms with Crippen LogP contribution in [0.25, 0.3) is 0 Å². The third kappa shape index (κ3) is 2.50. The lowest BCUT2D eigenvalue weighted by Crippen LogP contribution is -2.25. The van der Waals surface area contributed by atoms with Crippen LogP contribution in [0.2, 0.25) is 0 Å². The van der Waals surface area contributed by atoms with E-state index < -0.39 is 0 Å². The maximum atomic E-state index is 2.72. The average molecular weight is 452 g/mol. The third-order valence-electron chi connectivity index (χ3n) is 8.03. The van der Waals surface area contributed by atoms with E-state index in [-0.39, 0.29) is 0 Å². The lowest BCUT2D eigenvalue weighted by Gasteiger charge is -2.32. The van der Waals surface area contributed by atoms with E-state index >= 15 is 0 Å². The summed E-state index contributed by atoms with van der Waals surface area (Å²) in [7, 11) is 0. The maximum absolute atomic E-state index is 2.72. The number of halogens is 1. The molecule has 0 unspecified atom stereocenters. The second-order valence-electron chi connectivity index (χ2n) is 10.1. The van der Waals surface area contributed by atoms with Gasteiger partial charge in [-0.1, -0.05) is 61.5 Å². The van der Waals surface area contributed by atoms with Crippen molar-refractivity contribution in [2.45, 2.75) is 116 Å². The van der Waals surface area contributed by atoms with Crippen LogP contribution in [0.4, 0.5) is 0 Å². The highest BCUT2D eigenvalue weighted by molar-refractivity contribution is 14.1. The highest BCUT2D eigenvalue weighted by atomic mass is 127. The molecule has 0 spiro atoms. The Morgan fingerprint density at radius 1 is 0.720 bits per heavy atom. The Kier molecular flexibility index (Phi) is 4.71. The zero-order valence-electron chi connectivity index (χ0n) is 17.7. The smallest absolute Gasteiger partial charge is 0.0211 e. The van der Waals surface area contributed by atoms with Crippen molar-refractivity contribution in [3.8, 4) is 0 Å². The molecule has 0 nitrogen and oxygen atoms in total. The molecule has 0 amide bonds. The first-order valence-corrected chi connectivity index (χ1v) is 11.5. The fourth-order valence-corrected chi connectivity index (χ4v) is 8.67. The van der Waals surface area contributed by atoms with Crippen LogP contribution in [0.3, 0.4) is 0 Å². The van der Waals surface area contributed by atoms with E-state index in [1.807, 2.05) is 0 Å². The summed E-state index contributed by atoms with van der Waals surface area (Å²) in [5, 5.41) is 0. The van der Waals surface area contributed by atoms with Gasteiger partial charge >= 0.3 is 0 Å². The molecule has 0 saturated heterocycles. The summed E-state index contributed by atoms with van der Waals surface area (Å²) in [6.45, 7) is 19.6. The lowest BCUT2D eigenvalue weighted by atomic mass is 9.72. The first-order chi connectivity index (χ1) is 11.5. The van der Waals surface area contributed by atoms with Crippen molar-refractivity contribution in [3.63, 3.8) is 0 Å². The Balaban J connectivity index is 2.41. The second-order valence-corrected chi connectivity index (χ2v) is 11.2. The minimum absolute atomic E-state index is 0.298. The van der Waals surface area contributed by atoms with Gasteiger partial charge in [0.15, 0.2) is 0 Å². The Morgan fingerprint density at radius 2 is 1.04 bits per heavy atom. The number of hydrogen-bond acceptors (Lipinski definition) is 0. The highest BCUT2D eigenvalue weighted by Gasteiger charge is 2.53. The molecule has 0 atom stereocenters. The van der Waals surface area contributed by atoms with Crippen molar-refractivity contribution < 1.29 is 0 Å². The SMILES string of the molecule is CCC1(CC)CC(C)(C)c2c1cc1c(c2I)C(C)(C)CC1(CC)CC. The molecule has 0 aromatic heterocycles. The van der Waals surface area contributed by atoms with Gasteiger partial charge in [-0.3, -0.25) is 0 Å². The van der Waals surface area contributed by atoms with Crippen LogP contribution in [0, 0.1) is 3.57 Å². The molecule has 0 radical (unpaired) electrons. The van der Waals surface area contributed by atoms with Crippen molar-refractivity contribution in [1.29, 1.82) is 0 Å². The van der Waals surface area contributed by atoms with Crippen molar-refractivity contribution in [2.75, 3.05) is 0 Å². The molecule has 1 aromatic rings. The van der Waals surface area contributed by atoms with Crippen LogP contribution in [0.15, 0.2) is 6.07 Å². The van der Waals surface area contributed by atoms with Gasteiger partial charge in [-0.2, -0.15) is 0 Å². The summed E-state index contributed by atoms with van der Waals surface area (Å²) in [5.41, 5.74) is 8.14. The van der Waals surface area contributed by atoms with Gasteiger partial charge in [0.05, 0.1) is 0 Å². The average Bonchev–Trinajstić information content (AvgIpc) is 2.94. The summed E-state index contributed by atoms with van der Waals surface area (Å²) in [5.74, 6) is 0. The quantitative estimate of drug-likeness (QED) is 0.410. The molecular formula is C24H37I. The molecule has 0 bridgehead atoms. The molecule has 3 rings (SSSR count). The third-order valence-corrected chi connectivity index (χ3v) is 9.11. The first kappa shape index (κ1) is 19.7. The fourth-order valence-electron chi connectivity index (χ4n) is 6.63. The van der Waals surface area contributed by atoms with Gasteiger partial charge in [0.25, 0.3) is 0 Å². The van der Waals surface area contributed by atoms with Crippen LogP contribution < -0.4 is 0 Å². The summed E-state index contributed by atoms with van der Waals surface area (Å²) in [4.78, 5) is 0. The maximum Gasteiger partial charge on any atom is 0.0211 e. The van der Waals surface area contributed by atoms with Crippen molar-refractivity contribution in [1.82, 2.24) is 0 Å². The molecule has 1 heteroatoms. The standard InChI is InChI=1S/C24H37I/c1-9-23(10-2)14-21(5,6)18-16(23)13-17-19(20(18)25)22(7,8)15-24(17,11-3)12-4/h13H,9-12,14-15H2,1-8H3. The van der Waals surface area contributed by atoms with Gasteiger partial charge < -0.3 is 0 Å². The van der Waals surface area contributed by atoms with Crippen molar-refractivity contribution in [3.05, 3.63) is 31.9 Å². The predicted molar refractivity (Wildman–Crippen MR) is 119 cm³/mol. The Morgan fingerprint density at radius 3 is 1.32 bits per heavy atom. The monoisotopic (exact) mass is 452 g/mol. The highest BCUT2D eigenvalue weighted by Crippen LogP contribution is 2.61. The molecule has 1 aromatic carbocycles. The Hall–Kier alpha value is -0.0500. The molecule has 0 fully saturated rings. The molecule has 140 valence electrons. The van der Waals surface area contributed by atoms with Gasteiger partial charge in [0.2, 0.25) is 0 Å². The van der Waals surface area contributed by atoms with Crippen molar-refractivity contribution in [2.24, 2.45) is 0 Å². The van der Waals surface area contributed by atoms with E-state index in [9.17, 15) is 0 Å². The zero-order valence-corrected chi connectivity index (χ0v) is 19.9. The summed E-state index contributed by atoms with van der Waals surface area (Å²) >= 11 is 2.72. The Labute approximate surface area is 169 Å². The van der Waals surface area contributed by atoms with Crippen LogP contribution >= 0.6 is 22.6 Å². The Bertz CT molecular complexity index is 628. The summed E-state index contributed by atoms with van der Waals surface area (Å²) < 4.78 is 1.60. The summed E-state index contributed by atoms with van der Waals surface area (Å²) in [6.07, 6.45) is 7.69. The van der Waals surface area contributed by atoms with Gasteiger partial charge in [-0.05, 0) is 105 Å². The molecule has 25 heavy (non-hydrogen) atoms. The lowest BCUT2D eigenvalue weighted by molar-refractivity contribution is 0.321. The minimum atomic E-state index is 0.298. The predicted octanol–water partition coefficient (Wildman–Crippen LogP) is 7.77. The van der Waals surface area contributed by atoms with Crippen molar-refractivity contribution >= 4 is 22.6 Å². The molecule has 0 saturated carbocycles. The number of benzene rings is 1. The number of hydrogen-bond donors (Lipinski definition) is 0. The van der Waals surface area contributed by atoms with E-state index in [2.05, 4.69) is 84.0 Å².